The number of hydrogen-bond donors (Lipinski definition) is 2. The van der Waals surface area contributed by atoms with Crippen LogP contribution in [-0.2, 0) is 27.8 Å². The summed E-state index contributed by atoms with van der Waals surface area (Å²) in [5.74, 6) is 0. The number of hydrogen-bond acceptors (Lipinski definition) is 8. The van der Waals surface area contributed by atoms with E-state index in [9.17, 15) is 19.0 Å². The van der Waals surface area contributed by atoms with Gasteiger partial charge in [0, 0.05) is 26.0 Å². The van der Waals surface area contributed by atoms with E-state index in [0.29, 0.717) is 12.0 Å². The number of phosphoric acid groups is 1. The van der Waals surface area contributed by atoms with E-state index in [2.05, 4.69) is 9.51 Å². The van der Waals surface area contributed by atoms with Gasteiger partial charge < -0.3 is 19.1 Å². The first-order chi connectivity index (χ1) is 12.7. The Morgan fingerprint density at radius 1 is 1.30 bits per heavy atom. The van der Waals surface area contributed by atoms with Gasteiger partial charge in [-0.3, -0.25) is 23.4 Å². The van der Waals surface area contributed by atoms with Crippen molar-refractivity contribution < 1.29 is 32.7 Å². The molecule has 1 saturated heterocycles. The maximum atomic E-state index is 12.3. The number of aromatic amines is 1. The first-order valence-electron chi connectivity index (χ1n) is 8.39. The van der Waals surface area contributed by atoms with E-state index in [1.165, 1.54) is 17.9 Å². The van der Waals surface area contributed by atoms with Crippen molar-refractivity contribution in [1.82, 2.24) is 9.55 Å². The molecule has 154 valence electrons. The van der Waals surface area contributed by atoms with Gasteiger partial charge in [0.25, 0.3) is 5.56 Å². The summed E-state index contributed by atoms with van der Waals surface area (Å²) in [6.07, 6.45) is -1.74. The molecule has 12 heteroatoms. The van der Waals surface area contributed by atoms with Crippen LogP contribution >= 0.6 is 7.82 Å². The van der Waals surface area contributed by atoms with Crippen LogP contribution in [0.1, 0.15) is 25.1 Å². The third-order valence-corrected chi connectivity index (χ3v) is 5.16. The van der Waals surface area contributed by atoms with Gasteiger partial charge in [0.05, 0.1) is 19.3 Å². The molecule has 0 bridgehead atoms. The van der Waals surface area contributed by atoms with Gasteiger partial charge >= 0.3 is 13.5 Å². The zero-order valence-electron chi connectivity index (χ0n) is 15.6. The SMILES string of the molecule is CC[C@H]1O[C@@H](n2cc(C)c(=O)[nH]c2=O)C(OCCOC)C1OP(=O)(O)OC. The first-order valence-corrected chi connectivity index (χ1v) is 9.88. The molecule has 0 aromatic carbocycles. The summed E-state index contributed by atoms with van der Waals surface area (Å²) in [4.78, 5) is 35.9. The lowest BCUT2D eigenvalue weighted by Crippen LogP contribution is -2.41. The molecule has 1 fully saturated rings. The van der Waals surface area contributed by atoms with E-state index < -0.39 is 43.6 Å². The topological polar surface area (TPSA) is 138 Å². The van der Waals surface area contributed by atoms with Crippen molar-refractivity contribution in [2.45, 2.75) is 44.8 Å². The zero-order valence-corrected chi connectivity index (χ0v) is 16.5. The molecule has 3 unspecified atom stereocenters. The minimum absolute atomic E-state index is 0.136. The molecule has 1 aliphatic heterocycles. The Hall–Kier alpha value is -1.33. The average Bonchev–Trinajstić information content (AvgIpc) is 2.95. The smallest absolute Gasteiger partial charge is 0.382 e. The number of nitrogens with one attached hydrogen (secondary N) is 1. The highest BCUT2D eigenvalue weighted by atomic mass is 31.2. The van der Waals surface area contributed by atoms with Crippen LogP contribution in [0, 0.1) is 6.92 Å². The van der Waals surface area contributed by atoms with Gasteiger partial charge in [0.15, 0.2) is 6.23 Å². The third-order valence-electron chi connectivity index (χ3n) is 4.19. The maximum Gasteiger partial charge on any atom is 0.472 e. The molecule has 0 aliphatic carbocycles. The Kier molecular flexibility index (Phi) is 7.52. The molecule has 2 rings (SSSR count). The van der Waals surface area contributed by atoms with Crippen LogP contribution in [0.15, 0.2) is 15.8 Å². The molecule has 2 heterocycles. The van der Waals surface area contributed by atoms with Gasteiger partial charge in [-0.2, -0.15) is 0 Å². The van der Waals surface area contributed by atoms with Gasteiger partial charge in [-0.15, -0.1) is 0 Å². The Bertz CT molecular complexity index is 792. The van der Waals surface area contributed by atoms with Gasteiger partial charge in [-0.25, -0.2) is 9.36 Å². The number of H-pyrrole nitrogens is 1. The second-order valence-corrected chi connectivity index (χ2v) is 7.51. The first kappa shape index (κ1) is 22.0. The van der Waals surface area contributed by atoms with Crippen molar-refractivity contribution in [2.24, 2.45) is 0 Å². The van der Waals surface area contributed by atoms with Crippen LogP contribution in [0.2, 0.25) is 0 Å². The summed E-state index contributed by atoms with van der Waals surface area (Å²) in [5.41, 5.74) is -0.897. The van der Waals surface area contributed by atoms with Crippen molar-refractivity contribution in [3.63, 3.8) is 0 Å². The number of methoxy groups -OCH3 is 1. The quantitative estimate of drug-likeness (QED) is 0.437. The minimum atomic E-state index is -4.33. The second kappa shape index (κ2) is 9.24. The van der Waals surface area contributed by atoms with Gasteiger partial charge in [-0.1, -0.05) is 6.92 Å². The largest absolute Gasteiger partial charge is 0.472 e. The second-order valence-electron chi connectivity index (χ2n) is 6.00. The van der Waals surface area contributed by atoms with Crippen molar-refractivity contribution in [3.8, 4) is 0 Å². The highest BCUT2D eigenvalue weighted by molar-refractivity contribution is 7.47. The number of rotatable bonds is 9. The Morgan fingerprint density at radius 3 is 2.59 bits per heavy atom. The van der Waals surface area contributed by atoms with Gasteiger partial charge in [-0.05, 0) is 13.3 Å². The van der Waals surface area contributed by atoms with Crippen molar-refractivity contribution >= 4 is 7.82 Å². The normalized spacial score (nSPS) is 27.6. The highest BCUT2D eigenvalue weighted by Crippen LogP contribution is 2.48. The summed E-state index contributed by atoms with van der Waals surface area (Å²) < 4.78 is 39.5. The Morgan fingerprint density at radius 2 is 2.00 bits per heavy atom. The number of aromatic nitrogens is 2. The van der Waals surface area contributed by atoms with E-state index in [-0.39, 0.29) is 13.2 Å². The van der Waals surface area contributed by atoms with E-state index >= 15 is 0 Å². The molecule has 0 saturated carbocycles. The zero-order chi connectivity index (χ0) is 20.2. The molecule has 11 nitrogen and oxygen atoms in total. The Balaban J connectivity index is 2.42. The molecule has 1 aromatic rings. The van der Waals surface area contributed by atoms with E-state index in [1.54, 1.807) is 13.8 Å². The minimum Gasteiger partial charge on any atom is -0.382 e. The lowest BCUT2D eigenvalue weighted by molar-refractivity contribution is -0.0794. The highest BCUT2D eigenvalue weighted by Gasteiger charge is 2.49. The molecule has 0 spiro atoms. The summed E-state index contributed by atoms with van der Waals surface area (Å²) in [6, 6.07) is 0. The lowest BCUT2D eigenvalue weighted by atomic mass is 10.1. The van der Waals surface area contributed by atoms with Crippen molar-refractivity contribution in [1.29, 1.82) is 0 Å². The number of ether oxygens (including phenoxy) is 3. The fourth-order valence-electron chi connectivity index (χ4n) is 2.80. The Labute approximate surface area is 155 Å². The fourth-order valence-corrected chi connectivity index (χ4v) is 3.45. The average molecular weight is 408 g/mol. The van der Waals surface area contributed by atoms with Crippen LogP contribution in [0.5, 0.6) is 0 Å². The van der Waals surface area contributed by atoms with Crippen molar-refractivity contribution in [2.75, 3.05) is 27.4 Å². The van der Waals surface area contributed by atoms with E-state index in [4.69, 9.17) is 18.7 Å². The predicted octanol–water partition coefficient (Wildman–Crippen LogP) is 0.316. The van der Waals surface area contributed by atoms with Gasteiger partial charge in [0.2, 0.25) is 0 Å². The number of aryl methyl sites for hydroxylation is 1. The molecule has 2 N–H and O–H groups in total. The molecule has 1 aromatic heterocycles. The molecule has 0 radical (unpaired) electrons. The molecular formula is C15H25N2O9P. The monoisotopic (exact) mass is 408 g/mol. The van der Waals surface area contributed by atoms with Crippen LogP contribution in [0.4, 0.5) is 0 Å². The van der Waals surface area contributed by atoms with Crippen LogP contribution in [-0.4, -0.2) is 60.2 Å². The maximum absolute atomic E-state index is 12.3. The molecule has 1 aliphatic rings. The summed E-state index contributed by atoms with van der Waals surface area (Å²) in [6.45, 7) is 3.73. The molecule has 27 heavy (non-hydrogen) atoms. The number of phosphoric ester groups is 1. The number of nitrogens with zero attached hydrogens (tertiary/aromatic N) is 1. The summed E-state index contributed by atoms with van der Waals surface area (Å²) in [5, 5.41) is 0. The van der Waals surface area contributed by atoms with E-state index in [0.717, 1.165) is 7.11 Å². The van der Waals surface area contributed by atoms with Crippen LogP contribution in [0.3, 0.4) is 0 Å². The standard InChI is InChI=1S/C15H25N2O9P/c1-5-10-11(26-27(20,21)23-4)12(24-7-6-22-3)14(25-10)17-8-9(2)13(18)16-15(17)19/h8,10-12,14H,5-7H2,1-4H3,(H,20,21)(H,16,18,19)/t10-,11?,12?,14-/m1/s1. The molecule has 0 amide bonds. The molecular weight excluding hydrogens is 383 g/mol. The van der Waals surface area contributed by atoms with Crippen molar-refractivity contribution in [3.05, 3.63) is 32.6 Å². The summed E-state index contributed by atoms with van der Waals surface area (Å²) >= 11 is 0. The lowest BCUT2D eigenvalue weighted by Gasteiger charge is -2.26. The van der Waals surface area contributed by atoms with Gasteiger partial charge in [0.1, 0.15) is 12.2 Å². The summed E-state index contributed by atoms with van der Waals surface area (Å²) in [7, 11) is -1.79. The molecule has 5 atom stereocenters. The third kappa shape index (κ3) is 5.14. The van der Waals surface area contributed by atoms with Crippen LogP contribution in [0.25, 0.3) is 0 Å². The fraction of sp³-hybridized carbons (Fsp3) is 0.733. The predicted molar refractivity (Wildman–Crippen MR) is 93.6 cm³/mol. The van der Waals surface area contributed by atoms with Crippen LogP contribution < -0.4 is 11.2 Å². The van der Waals surface area contributed by atoms with E-state index in [1.807, 2.05) is 0 Å².